The summed E-state index contributed by atoms with van der Waals surface area (Å²) in [6.45, 7) is 1.89. The number of hydrogen-bond acceptors (Lipinski definition) is 2. The molecule has 1 aromatic carbocycles. The van der Waals surface area contributed by atoms with Crippen LogP contribution in [0, 0.1) is 0 Å². The van der Waals surface area contributed by atoms with Gasteiger partial charge in [0.05, 0.1) is 5.69 Å². The van der Waals surface area contributed by atoms with E-state index in [-0.39, 0.29) is 5.91 Å². The van der Waals surface area contributed by atoms with E-state index in [2.05, 4.69) is 5.32 Å². The maximum atomic E-state index is 12.2. The molecule has 0 aliphatic rings. The summed E-state index contributed by atoms with van der Waals surface area (Å²) in [5.41, 5.74) is 0.450. The summed E-state index contributed by atoms with van der Waals surface area (Å²) >= 11 is 0.437. The van der Waals surface area contributed by atoms with Gasteiger partial charge in [0, 0.05) is 11.3 Å². The van der Waals surface area contributed by atoms with Crippen molar-refractivity contribution in [3.05, 3.63) is 24.3 Å². The Hall–Kier alpha value is -1.10. The molecule has 0 saturated heterocycles. The number of benzene rings is 1. The quantitative estimate of drug-likeness (QED) is 0.801. The second kappa shape index (κ2) is 6.48. The fourth-order valence-electron chi connectivity index (χ4n) is 1.21. The Morgan fingerprint density at radius 2 is 2.12 bits per heavy atom. The summed E-state index contributed by atoms with van der Waals surface area (Å²) in [5, 5.41) is 2.62. The number of para-hydroxylation sites is 1. The number of carbonyl (C=O) groups excluding carboxylic acids is 1. The lowest BCUT2D eigenvalue weighted by molar-refractivity contribution is -0.116. The van der Waals surface area contributed by atoms with Crippen molar-refractivity contribution in [2.75, 3.05) is 5.32 Å². The van der Waals surface area contributed by atoms with Gasteiger partial charge in [0.15, 0.2) is 0 Å². The lowest BCUT2D eigenvalue weighted by atomic mass is 10.3. The van der Waals surface area contributed by atoms with Gasteiger partial charge < -0.3 is 5.32 Å². The summed E-state index contributed by atoms with van der Waals surface area (Å²) in [6.07, 6.45) is 1.13. The average Bonchev–Trinajstić information content (AvgIpc) is 2.20. The molecule has 0 atom stereocenters. The average molecular weight is 245 g/mol. The van der Waals surface area contributed by atoms with E-state index in [9.17, 15) is 13.6 Å². The first kappa shape index (κ1) is 13.0. The molecule has 0 aliphatic carbocycles. The highest BCUT2D eigenvalue weighted by molar-refractivity contribution is 7.99. The van der Waals surface area contributed by atoms with Crippen LogP contribution in [-0.2, 0) is 4.79 Å². The third-order valence-corrected chi connectivity index (χ3v) is 2.64. The van der Waals surface area contributed by atoms with Crippen molar-refractivity contribution in [1.29, 1.82) is 0 Å². The normalized spacial score (nSPS) is 10.5. The van der Waals surface area contributed by atoms with Gasteiger partial charge in [-0.2, -0.15) is 8.78 Å². The van der Waals surface area contributed by atoms with Gasteiger partial charge in [-0.1, -0.05) is 30.8 Å². The molecule has 16 heavy (non-hydrogen) atoms. The molecule has 0 unspecified atom stereocenters. The predicted molar refractivity (Wildman–Crippen MR) is 61.8 cm³/mol. The third kappa shape index (κ3) is 4.18. The first-order chi connectivity index (χ1) is 7.63. The van der Waals surface area contributed by atoms with Gasteiger partial charge in [0.1, 0.15) is 0 Å². The first-order valence-corrected chi connectivity index (χ1v) is 5.85. The minimum Gasteiger partial charge on any atom is -0.325 e. The van der Waals surface area contributed by atoms with Gasteiger partial charge >= 0.3 is 0 Å². The van der Waals surface area contributed by atoms with Crippen LogP contribution in [0.15, 0.2) is 29.2 Å². The van der Waals surface area contributed by atoms with Crippen LogP contribution in [0.25, 0.3) is 0 Å². The smallest absolute Gasteiger partial charge is 0.288 e. The zero-order valence-corrected chi connectivity index (χ0v) is 9.69. The zero-order chi connectivity index (χ0) is 12.0. The number of carbonyl (C=O) groups is 1. The van der Waals surface area contributed by atoms with Gasteiger partial charge in [-0.15, -0.1) is 0 Å². The van der Waals surface area contributed by atoms with Crippen molar-refractivity contribution in [2.45, 2.75) is 30.4 Å². The summed E-state index contributed by atoms with van der Waals surface area (Å²) in [7, 11) is 0. The third-order valence-electron chi connectivity index (χ3n) is 1.85. The molecule has 5 heteroatoms. The lowest BCUT2D eigenvalue weighted by Gasteiger charge is -2.09. The van der Waals surface area contributed by atoms with E-state index in [0.29, 0.717) is 28.8 Å². The maximum absolute atomic E-state index is 12.2. The Bertz CT molecular complexity index is 358. The van der Waals surface area contributed by atoms with E-state index in [1.807, 2.05) is 6.92 Å². The monoisotopic (exact) mass is 245 g/mol. The number of amides is 1. The van der Waals surface area contributed by atoms with E-state index in [0.717, 1.165) is 6.42 Å². The van der Waals surface area contributed by atoms with E-state index < -0.39 is 5.76 Å². The van der Waals surface area contributed by atoms with Crippen LogP contribution in [0.2, 0.25) is 0 Å². The van der Waals surface area contributed by atoms with Crippen LogP contribution in [0.4, 0.5) is 14.5 Å². The van der Waals surface area contributed by atoms with Crippen molar-refractivity contribution >= 4 is 23.4 Å². The summed E-state index contributed by atoms with van der Waals surface area (Å²) in [5.74, 6) is -2.63. The molecule has 1 rings (SSSR count). The summed E-state index contributed by atoms with van der Waals surface area (Å²) < 4.78 is 24.5. The van der Waals surface area contributed by atoms with Crippen molar-refractivity contribution in [2.24, 2.45) is 0 Å². The van der Waals surface area contributed by atoms with Crippen molar-refractivity contribution in [3.63, 3.8) is 0 Å². The number of nitrogens with one attached hydrogen (secondary N) is 1. The number of rotatable bonds is 5. The Morgan fingerprint density at radius 1 is 1.44 bits per heavy atom. The fraction of sp³-hybridized carbons (Fsp3) is 0.364. The van der Waals surface area contributed by atoms with Crippen LogP contribution in [0.3, 0.4) is 0 Å². The summed E-state index contributed by atoms with van der Waals surface area (Å²) in [4.78, 5) is 11.7. The van der Waals surface area contributed by atoms with Crippen LogP contribution in [0.1, 0.15) is 19.8 Å². The standard InChI is InChI=1S/C11H13F2NOS/c1-2-5-10(15)14-8-6-3-4-7-9(8)16-11(12)13/h3-4,6-7,11H,2,5H2,1H3,(H,14,15). The largest absolute Gasteiger partial charge is 0.325 e. The minimum absolute atomic E-state index is 0.148. The predicted octanol–water partition coefficient (Wildman–Crippen LogP) is 3.74. The first-order valence-electron chi connectivity index (χ1n) is 4.97. The molecule has 0 bridgehead atoms. The fourth-order valence-corrected chi connectivity index (χ4v) is 1.80. The second-order valence-corrected chi connectivity index (χ2v) is 4.20. The molecule has 1 aromatic rings. The molecular weight excluding hydrogens is 232 g/mol. The molecule has 0 aliphatic heterocycles. The second-order valence-electron chi connectivity index (χ2n) is 3.17. The van der Waals surface area contributed by atoms with Crippen molar-refractivity contribution < 1.29 is 13.6 Å². The van der Waals surface area contributed by atoms with Crippen LogP contribution in [0.5, 0.6) is 0 Å². The summed E-state index contributed by atoms with van der Waals surface area (Å²) in [6, 6.07) is 6.56. The Balaban J connectivity index is 2.74. The molecule has 0 fully saturated rings. The Labute approximate surface area is 97.4 Å². The number of hydrogen-bond donors (Lipinski definition) is 1. The molecule has 0 spiro atoms. The molecule has 2 nitrogen and oxygen atoms in total. The van der Waals surface area contributed by atoms with E-state index in [1.54, 1.807) is 24.3 Å². The molecule has 0 aromatic heterocycles. The van der Waals surface area contributed by atoms with E-state index >= 15 is 0 Å². The number of anilines is 1. The van der Waals surface area contributed by atoms with Gasteiger partial charge in [0.2, 0.25) is 5.91 Å². The molecule has 1 amide bonds. The molecule has 0 radical (unpaired) electrons. The number of halogens is 2. The molecule has 88 valence electrons. The molecule has 0 heterocycles. The van der Waals surface area contributed by atoms with Gasteiger partial charge in [-0.05, 0) is 18.6 Å². The Kier molecular flexibility index (Phi) is 5.25. The minimum atomic E-state index is -2.48. The van der Waals surface area contributed by atoms with Crippen LogP contribution < -0.4 is 5.32 Å². The van der Waals surface area contributed by atoms with Gasteiger partial charge in [-0.25, -0.2) is 0 Å². The maximum Gasteiger partial charge on any atom is 0.288 e. The molecule has 0 saturated carbocycles. The van der Waals surface area contributed by atoms with Crippen LogP contribution >= 0.6 is 11.8 Å². The lowest BCUT2D eigenvalue weighted by Crippen LogP contribution is -2.11. The van der Waals surface area contributed by atoms with Gasteiger partial charge in [-0.3, -0.25) is 4.79 Å². The SMILES string of the molecule is CCCC(=O)Nc1ccccc1SC(F)F. The highest BCUT2D eigenvalue weighted by Gasteiger charge is 2.10. The Morgan fingerprint density at radius 3 is 2.75 bits per heavy atom. The zero-order valence-electron chi connectivity index (χ0n) is 8.87. The van der Waals surface area contributed by atoms with E-state index in [1.165, 1.54) is 0 Å². The topological polar surface area (TPSA) is 29.1 Å². The van der Waals surface area contributed by atoms with Gasteiger partial charge in [0.25, 0.3) is 5.76 Å². The molecular formula is C11H13F2NOS. The number of thioether (sulfide) groups is 1. The highest BCUT2D eigenvalue weighted by atomic mass is 32.2. The van der Waals surface area contributed by atoms with Crippen LogP contribution in [-0.4, -0.2) is 11.7 Å². The highest BCUT2D eigenvalue weighted by Crippen LogP contribution is 2.31. The van der Waals surface area contributed by atoms with Crippen molar-refractivity contribution in [3.8, 4) is 0 Å². The van der Waals surface area contributed by atoms with E-state index in [4.69, 9.17) is 0 Å². The molecule has 1 N–H and O–H groups in total. The number of alkyl halides is 2. The van der Waals surface area contributed by atoms with Crippen molar-refractivity contribution in [1.82, 2.24) is 0 Å².